The van der Waals surface area contributed by atoms with E-state index >= 15 is 0 Å². The number of piperidine rings is 1. The van der Waals surface area contributed by atoms with E-state index in [2.05, 4.69) is 4.72 Å². The number of sulfonamides is 1. The highest BCUT2D eigenvalue weighted by Gasteiger charge is 2.56. The lowest BCUT2D eigenvalue weighted by Crippen LogP contribution is -2.43. The van der Waals surface area contributed by atoms with Crippen LogP contribution in [0.4, 0.5) is 0 Å². The zero-order valence-corrected chi connectivity index (χ0v) is 14.0. The lowest BCUT2D eigenvalue weighted by Gasteiger charge is -2.32. The molecule has 23 heavy (non-hydrogen) atoms. The van der Waals surface area contributed by atoms with Crippen LogP contribution < -0.4 is 9.46 Å². The molecule has 0 bridgehead atoms. The van der Waals surface area contributed by atoms with Crippen molar-refractivity contribution in [1.29, 1.82) is 0 Å². The van der Waals surface area contributed by atoms with Gasteiger partial charge in [0.05, 0.1) is 6.26 Å². The van der Waals surface area contributed by atoms with Gasteiger partial charge in [0.1, 0.15) is 5.75 Å². The standard InChI is InChI=1S/C16H22N2O4S/c1-23(20,21)17-14-11-16(14)7-9-18(10-8-16)15(19)12-22-13-5-3-2-4-6-13/h2-6,14,17H,7-12H2,1H3. The van der Waals surface area contributed by atoms with E-state index in [-0.39, 0.29) is 24.0 Å². The van der Waals surface area contributed by atoms with Crippen LogP contribution >= 0.6 is 0 Å². The van der Waals surface area contributed by atoms with Crippen molar-refractivity contribution in [2.75, 3.05) is 26.0 Å². The van der Waals surface area contributed by atoms with E-state index in [1.54, 1.807) is 0 Å². The number of hydrogen-bond acceptors (Lipinski definition) is 4. The molecule has 1 atom stereocenters. The van der Waals surface area contributed by atoms with Crippen molar-refractivity contribution < 1.29 is 17.9 Å². The van der Waals surface area contributed by atoms with Crippen LogP contribution in [0.25, 0.3) is 0 Å². The SMILES string of the molecule is CS(=O)(=O)NC1CC12CCN(C(=O)COc1ccccc1)CC2. The minimum Gasteiger partial charge on any atom is -0.484 e. The lowest BCUT2D eigenvalue weighted by atomic mass is 9.93. The third-order valence-corrected chi connectivity index (χ3v) is 5.48. The van der Waals surface area contributed by atoms with Crippen molar-refractivity contribution in [3.8, 4) is 5.75 Å². The van der Waals surface area contributed by atoms with E-state index in [4.69, 9.17) is 4.74 Å². The van der Waals surface area contributed by atoms with Gasteiger partial charge in [0, 0.05) is 19.1 Å². The number of carbonyl (C=O) groups is 1. The predicted molar refractivity (Wildman–Crippen MR) is 86.6 cm³/mol. The second kappa shape index (κ2) is 6.13. The lowest BCUT2D eigenvalue weighted by molar-refractivity contribution is -0.135. The summed E-state index contributed by atoms with van der Waals surface area (Å²) in [6.07, 6.45) is 3.76. The Morgan fingerprint density at radius 1 is 1.30 bits per heavy atom. The van der Waals surface area contributed by atoms with Crippen LogP contribution in [0.1, 0.15) is 19.3 Å². The van der Waals surface area contributed by atoms with Gasteiger partial charge >= 0.3 is 0 Å². The van der Waals surface area contributed by atoms with E-state index < -0.39 is 10.0 Å². The first kappa shape index (κ1) is 16.3. The monoisotopic (exact) mass is 338 g/mol. The summed E-state index contributed by atoms with van der Waals surface area (Å²) in [4.78, 5) is 14.0. The second-order valence-corrected chi connectivity index (χ2v) is 8.27. The van der Waals surface area contributed by atoms with Gasteiger partial charge in [0.15, 0.2) is 6.61 Å². The van der Waals surface area contributed by atoms with Gasteiger partial charge in [0.2, 0.25) is 10.0 Å². The molecule has 7 heteroatoms. The Morgan fingerprint density at radius 3 is 2.57 bits per heavy atom. The Morgan fingerprint density at radius 2 is 1.96 bits per heavy atom. The molecule has 1 heterocycles. The van der Waals surface area contributed by atoms with E-state index in [0.29, 0.717) is 18.8 Å². The molecule has 1 spiro atoms. The highest BCUT2D eigenvalue weighted by Crippen LogP contribution is 2.54. The molecule has 1 saturated carbocycles. The fraction of sp³-hybridized carbons (Fsp3) is 0.562. The van der Waals surface area contributed by atoms with Crippen molar-refractivity contribution in [3.05, 3.63) is 30.3 Å². The smallest absolute Gasteiger partial charge is 0.260 e. The van der Waals surface area contributed by atoms with Crippen LogP contribution in [-0.4, -0.2) is 51.2 Å². The maximum atomic E-state index is 12.2. The highest BCUT2D eigenvalue weighted by atomic mass is 32.2. The third kappa shape index (κ3) is 4.03. The minimum atomic E-state index is -3.16. The second-order valence-electron chi connectivity index (χ2n) is 6.49. The van der Waals surface area contributed by atoms with Crippen molar-refractivity contribution in [1.82, 2.24) is 9.62 Å². The number of likely N-dealkylation sites (tertiary alicyclic amines) is 1. The molecule has 2 fully saturated rings. The molecule has 2 aliphatic rings. The normalized spacial score (nSPS) is 22.8. The number of rotatable bonds is 5. The summed E-state index contributed by atoms with van der Waals surface area (Å²) in [7, 11) is -3.16. The first-order chi connectivity index (χ1) is 10.9. The molecule has 1 unspecified atom stereocenters. The zero-order valence-electron chi connectivity index (χ0n) is 13.2. The molecule has 1 aromatic rings. The van der Waals surface area contributed by atoms with Crippen molar-refractivity contribution in [2.45, 2.75) is 25.3 Å². The van der Waals surface area contributed by atoms with Gasteiger partial charge in [-0.1, -0.05) is 18.2 Å². The van der Waals surface area contributed by atoms with Crippen LogP contribution in [0, 0.1) is 5.41 Å². The molecule has 6 nitrogen and oxygen atoms in total. The topological polar surface area (TPSA) is 75.7 Å². The summed E-state index contributed by atoms with van der Waals surface area (Å²) >= 11 is 0. The van der Waals surface area contributed by atoms with Crippen molar-refractivity contribution in [2.24, 2.45) is 5.41 Å². The number of benzene rings is 1. The predicted octanol–water partition coefficient (Wildman–Crippen LogP) is 0.996. The molecule has 1 aliphatic heterocycles. The summed E-state index contributed by atoms with van der Waals surface area (Å²) in [6.45, 7) is 1.37. The number of ether oxygens (including phenoxy) is 1. The van der Waals surface area contributed by atoms with Gasteiger partial charge in [-0.15, -0.1) is 0 Å². The van der Waals surface area contributed by atoms with Crippen LogP contribution in [0.5, 0.6) is 5.75 Å². The molecule has 3 rings (SSSR count). The van der Waals surface area contributed by atoms with Gasteiger partial charge in [-0.3, -0.25) is 4.79 Å². The molecule has 1 aromatic carbocycles. The Balaban J connectivity index is 1.45. The first-order valence-corrected chi connectivity index (χ1v) is 9.70. The number of nitrogens with one attached hydrogen (secondary N) is 1. The molecule has 1 N–H and O–H groups in total. The van der Waals surface area contributed by atoms with E-state index in [1.807, 2.05) is 35.2 Å². The number of hydrogen-bond donors (Lipinski definition) is 1. The zero-order chi connectivity index (χ0) is 16.5. The van der Waals surface area contributed by atoms with Crippen LogP contribution in [0.15, 0.2) is 30.3 Å². The van der Waals surface area contributed by atoms with Crippen LogP contribution in [-0.2, 0) is 14.8 Å². The van der Waals surface area contributed by atoms with E-state index in [9.17, 15) is 13.2 Å². The Hall–Kier alpha value is -1.60. The summed E-state index contributed by atoms with van der Waals surface area (Å²) in [5, 5.41) is 0. The molecule has 0 aromatic heterocycles. The molecular weight excluding hydrogens is 316 g/mol. The Labute approximate surface area is 136 Å². The van der Waals surface area contributed by atoms with Crippen LogP contribution in [0.3, 0.4) is 0 Å². The van der Waals surface area contributed by atoms with Gasteiger partial charge in [-0.05, 0) is 36.8 Å². The Kier molecular flexibility index (Phi) is 4.33. The molecule has 0 radical (unpaired) electrons. The number of para-hydroxylation sites is 1. The molecular formula is C16H22N2O4S. The maximum absolute atomic E-state index is 12.2. The number of nitrogens with zero attached hydrogens (tertiary/aromatic N) is 1. The Bertz CT molecular complexity index is 667. The highest BCUT2D eigenvalue weighted by molar-refractivity contribution is 7.88. The fourth-order valence-corrected chi connectivity index (χ4v) is 4.13. The molecule has 1 amide bonds. The average Bonchev–Trinajstić information content (AvgIpc) is 3.15. The minimum absolute atomic E-state index is 0.0167. The molecule has 1 saturated heterocycles. The molecule has 126 valence electrons. The molecule has 1 aliphatic carbocycles. The fourth-order valence-electron chi connectivity index (χ4n) is 3.28. The summed E-state index contributed by atoms with van der Waals surface area (Å²) < 4.78 is 30.8. The summed E-state index contributed by atoms with van der Waals surface area (Å²) in [6, 6.07) is 9.32. The first-order valence-electron chi connectivity index (χ1n) is 7.81. The average molecular weight is 338 g/mol. The van der Waals surface area contributed by atoms with Crippen molar-refractivity contribution >= 4 is 15.9 Å². The van der Waals surface area contributed by atoms with Gasteiger partial charge < -0.3 is 9.64 Å². The van der Waals surface area contributed by atoms with Gasteiger partial charge in [0.25, 0.3) is 5.91 Å². The quantitative estimate of drug-likeness (QED) is 0.869. The number of amides is 1. The van der Waals surface area contributed by atoms with Crippen LogP contribution in [0.2, 0.25) is 0 Å². The third-order valence-electron chi connectivity index (χ3n) is 4.76. The van der Waals surface area contributed by atoms with E-state index in [0.717, 1.165) is 19.3 Å². The van der Waals surface area contributed by atoms with Gasteiger partial charge in [-0.25, -0.2) is 13.1 Å². The van der Waals surface area contributed by atoms with Gasteiger partial charge in [-0.2, -0.15) is 0 Å². The maximum Gasteiger partial charge on any atom is 0.260 e. The van der Waals surface area contributed by atoms with E-state index in [1.165, 1.54) is 6.26 Å². The summed E-state index contributed by atoms with van der Waals surface area (Å²) in [5.74, 6) is 0.672. The summed E-state index contributed by atoms with van der Waals surface area (Å²) in [5.41, 5.74) is 0.0557. The number of carbonyl (C=O) groups excluding carboxylic acids is 1. The largest absolute Gasteiger partial charge is 0.484 e. The van der Waals surface area contributed by atoms with Crippen molar-refractivity contribution in [3.63, 3.8) is 0 Å².